The van der Waals surface area contributed by atoms with Crippen LogP contribution in [-0.2, 0) is 0 Å². The third kappa shape index (κ3) is 3.42. The van der Waals surface area contributed by atoms with Gasteiger partial charge in [0, 0.05) is 0 Å². The van der Waals surface area contributed by atoms with E-state index < -0.39 is 0 Å². The summed E-state index contributed by atoms with van der Waals surface area (Å²) >= 11 is 0. The molecular formula is C10H15Na. The molecule has 0 aliphatic carbocycles. The Bertz CT molecular complexity index is 186. The molecule has 0 fully saturated rings. The van der Waals surface area contributed by atoms with Crippen molar-refractivity contribution in [2.24, 2.45) is 0 Å². The molecule has 0 aliphatic rings. The first-order valence-electron chi connectivity index (χ1n) is 3.89. The van der Waals surface area contributed by atoms with Gasteiger partial charge in [-0.1, -0.05) is 44.2 Å². The Morgan fingerprint density at radius 3 is 2.27 bits per heavy atom. The Hall–Kier alpha value is 0.220. The van der Waals surface area contributed by atoms with Gasteiger partial charge < -0.3 is 1.43 Å². The van der Waals surface area contributed by atoms with Crippen LogP contribution in [0.1, 0.15) is 33.2 Å². The summed E-state index contributed by atoms with van der Waals surface area (Å²) in [6.45, 7) is 4.48. The fourth-order valence-electron chi connectivity index (χ4n) is 1.02. The van der Waals surface area contributed by atoms with Gasteiger partial charge >= 0.3 is 29.6 Å². The van der Waals surface area contributed by atoms with Crippen LogP contribution in [0.5, 0.6) is 0 Å². The normalized spacial score (nSPS) is 11.8. The minimum Gasteiger partial charge on any atom is -1.00 e. The van der Waals surface area contributed by atoms with E-state index in [1.807, 2.05) is 0 Å². The number of hydrogen-bond donors (Lipinski definition) is 0. The summed E-state index contributed by atoms with van der Waals surface area (Å²) < 4.78 is 0. The molecule has 0 bridgehead atoms. The molecule has 0 nitrogen and oxygen atoms in total. The summed E-state index contributed by atoms with van der Waals surface area (Å²) in [5.41, 5.74) is 1.45. The molecule has 1 aromatic carbocycles. The van der Waals surface area contributed by atoms with Gasteiger partial charge in [0.2, 0.25) is 0 Å². The maximum Gasteiger partial charge on any atom is 1.00 e. The van der Waals surface area contributed by atoms with Crippen molar-refractivity contribution in [1.29, 1.82) is 0 Å². The van der Waals surface area contributed by atoms with Gasteiger partial charge in [0.05, 0.1) is 0 Å². The van der Waals surface area contributed by atoms with Crippen molar-refractivity contribution < 1.29 is 31.0 Å². The smallest absolute Gasteiger partial charge is 1.00 e. The van der Waals surface area contributed by atoms with E-state index in [2.05, 4.69) is 44.2 Å². The maximum absolute atomic E-state index is 2.26. The molecule has 1 unspecified atom stereocenters. The van der Waals surface area contributed by atoms with E-state index in [9.17, 15) is 0 Å². The van der Waals surface area contributed by atoms with Gasteiger partial charge in [-0.05, 0) is 17.9 Å². The summed E-state index contributed by atoms with van der Waals surface area (Å²) in [5.74, 6) is 0.709. The largest absolute Gasteiger partial charge is 1.00 e. The second kappa shape index (κ2) is 5.82. The van der Waals surface area contributed by atoms with Crippen LogP contribution >= 0.6 is 0 Å². The van der Waals surface area contributed by atoms with Crippen LogP contribution in [0.15, 0.2) is 30.3 Å². The zero-order chi connectivity index (χ0) is 7.40. The second-order valence-electron chi connectivity index (χ2n) is 2.72. The molecule has 0 saturated carbocycles. The Kier molecular flexibility index (Phi) is 5.93. The molecule has 0 radical (unpaired) electrons. The molecule has 0 heterocycles. The number of rotatable bonds is 2. The average Bonchev–Trinajstić information content (AvgIpc) is 2.05. The molecule has 56 valence electrons. The Morgan fingerprint density at radius 2 is 1.82 bits per heavy atom. The van der Waals surface area contributed by atoms with Gasteiger partial charge in [0.1, 0.15) is 0 Å². The summed E-state index contributed by atoms with van der Waals surface area (Å²) in [7, 11) is 0. The van der Waals surface area contributed by atoms with E-state index in [4.69, 9.17) is 0 Å². The predicted molar refractivity (Wildman–Crippen MR) is 46.3 cm³/mol. The van der Waals surface area contributed by atoms with E-state index in [-0.39, 0.29) is 31.0 Å². The Morgan fingerprint density at radius 1 is 1.27 bits per heavy atom. The fraction of sp³-hybridized carbons (Fsp3) is 0.400. The molecule has 11 heavy (non-hydrogen) atoms. The monoisotopic (exact) mass is 158 g/mol. The molecule has 1 aromatic rings. The van der Waals surface area contributed by atoms with Crippen molar-refractivity contribution in [2.75, 3.05) is 0 Å². The quantitative estimate of drug-likeness (QED) is 0.544. The Labute approximate surface area is 92.8 Å². The van der Waals surface area contributed by atoms with Crippen molar-refractivity contribution in [3.63, 3.8) is 0 Å². The number of benzene rings is 1. The van der Waals surface area contributed by atoms with E-state index >= 15 is 0 Å². The van der Waals surface area contributed by atoms with Crippen LogP contribution < -0.4 is 29.6 Å². The first-order valence-corrected chi connectivity index (χ1v) is 3.89. The summed E-state index contributed by atoms with van der Waals surface area (Å²) in [5, 5.41) is 0. The van der Waals surface area contributed by atoms with E-state index in [1.165, 1.54) is 12.0 Å². The van der Waals surface area contributed by atoms with Gasteiger partial charge in [-0.2, -0.15) is 0 Å². The van der Waals surface area contributed by atoms with E-state index in [0.29, 0.717) is 5.92 Å². The number of hydrogen-bond acceptors (Lipinski definition) is 0. The van der Waals surface area contributed by atoms with Crippen molar-refractivity contribution >= 4 is 0 Å². The summed E-state index contributed by atoms with van der Waals surface area (Å²) in [6.07, 6.45) is 1.23. The molecule has 1 atom stereocenters. The maximum atomic E-state index is 2.26. The molecule has 1 heteroatoms. The van der Waals surface area contributed by atoms with Crippen LogP contribution in [0.25, 0.3) is 0 Å². The molecular weight excluding hydrogens is 143 g/mol. The molecule has 1 rings (SSSR count). The molecule has 0 aliphatic heterocycles. The van der Waals surface area contributed by atoms with Gasteiger partial charge in [0.15, 0.2) is 0 Å². The van der Waals surface area contributed by atoms with Crippen molar-refractivity contribution in [3.8, 4) is 0 Å². The van der Waals surface area contributed by atoms with Crippen LogP contribution in [0, 0.1) is 0 Å². The first kappa shape index (κ1) is 11.2. The van der Waals surface area contributed by atoms with E-state index in [0.717, 1.165) is 0 Å². The van der Waals surface area contributed by atoms with Crippen molar-refractivity contribution in [1.82, 2.24) is 0 Å². The fourth-order valence-corrected chi connectivity index (χ4v) is 1.02. The zero-order valence-corrected chi connectivity index (χ0v) is 9.67. The van der Waals surface area contributed by atoms with E-state index in [1.54, 1.807) is 0 Å². The molecule has 0 saturated heterocycles. The molecule has 0 aromatic heterocycles. The minimum absolute atomic E-state index is 0. The second-order valence-corrected chi connectivity index (χ2v) is 2.72. The van der Waals surface area contributed by atoms with Crippen molar-refractivity contribution in [3.05, 3.63) is 35.9 Å². The zero-order valence-electron chi connectivity index (χ0n) is 8.67. The standard InChI is InChI=1S/C10H14.Na.H/c1-3-9(2)10-7-5-4-6-8-10;;/h4-9H,3H2,1-2H3;;/q;+1;-1. The van der Waals surface area contributed by atoms with Gasteiger partial charge in [-0.15, -0.1) is 0 Å². The van der Waals surface area contributed by atoms with Gasteiger partial charge in [0.25, 0.3) is 0 Å². The first-order chi connectivity index (χ1) is 4.84. The summed E-state index contributed by atoms with van der Waals surface area (Å²) in [4.78, 5) is 0. The molecule has 0 N–H and O–H groups in total. The summed E-state index contributed by atoms with van der Waals surface area (Å²) in [6, 6.07) is 10.6. The van der Waals surface area contributed by atoms with Crippen LogP contribution in [0.3, 0.4) is 0 Å². The van der Waals surface area contributed by atoms with Crippen LogP contribution in [0.4, 0.5) is 0 Å². The van der Waals surface area contributed by atoms with Crippen LogP contribution in [0.2, 0.25) is 0 Å². The minimum atomic E-state index is 0. The van der Waals surface area contributed by atoms with Crippen LogP contribution in [-0.4, -0.2) is 0 Å². The molecule has 0 spiro atoms. The average molecular weight is 158 g/mol. The Balaban J connectivity index is 0. The third-order valence-corrected chi connectivity index (χ3v) is 1.98. The molecule has 0 amide bonds. The van der Waals surface area contributed by atoms with Gasteiger partial charge in [-0.25, -0.2) is 0 Å². The van der Waals surface area contributed by atoms with Crippen molar-refractivity contribution in [2.45, 2.75) is 26.2 Å². The SMILES string of the molecule is CCC(C)c1ccccc1.[H-].[Na+]. The van der Waals surface area contributed by atoms with Gasteiger partial charge in [-0.3, -0.25) is 0 Å². The third-order valence-electron chi connectivity index (χ3n) is 1.98. The predicted octanol–water partition coefficient (Wildman–Crippen LogP) is 0.317. The topological polar surface area (TPSA) is 0 Å².